The normalized spacial score (nSPS) is 14.6. The lowest BCUT2D eigenvalue weighted by atomic mass is 10.0. The Morgan fingerprint density at radius 2 is 1.53 bits per heavy atom. The van der Waals surface area contributed by atoms with E-state index in [1.54, 1.807) is 36.9 Å². The van der Waals surface area contributed by atoms with Crippen molar-refractivity contribution in [2.75, 3.05) is 25.0 Å². The van der Waals surface area contributed by atoms with Crippen LogP contribution in [0.2, 0.25) is 0 Å². The molecule has 10 heteroatoms. The minimum Gasteiger partial charge on any atom is -0.345 e. The number of hydrogen-bond acceptors (Lipinski definition) is 6. The van der Waals surface area contributed by atoms with Gasteiger partial charge in [-0.05, 0) is 72.5 Å². The number of carbonyl (C=O) groups excluding carboxylic acids is 1. The fourth-order valence-corrected chi connectivity index (χ4v) is 5.17. The van der Waals surface area contributed by atoms with Crippen molar-refractivity contribution in [3.63, 3.8) is 0 Å². The molecule has 2 aromatic carbocycles. The minimum absolute atomic E-state index is 0.0110. The van der Waals surface area contributed by atoms with E-state index in [0.717, 1.165) is 60.8 Å². The third kappa shape index (κ3) is 8.04. The summed E-state index contributed by atoms with van der Waals surface area (Å²) in [5, 5.41) is 0. The molecule has 0 N–H and O–H groups in total. The molecule has 0 radical (unpaired) electrons. The number of carbonyl (C=O) groups is 1. The van der Waals surface area contributed by atoms with Crippen LogP contribution in [0.15, 0.2) is 97.6 Å². The molecular weight excluding hydrogens is 553 g/mol. The summed E-state index contributed by atoms with van der Waals surface area (Å²) in [6.45, 7) is 2.67. The second-order valence-electron chi connectivity index (χ2n) is 10.5. The lowest BCUT2D eigenvalue weighted by Gasteiger charge is -2.38. The van der Waals surface area contributed by atoms with Crippen LogP contribution in [0, 0.1) is 0 Å². The molecule has 7 nitrogen and oxygen atoms in total. The van der Waals surface area contributed by atoms with E-state index in [4.69, 9.17) is 0 Å². The Labute approximate surface area is 249 Å². The zero-order valence-corrected chi connectivity index (χ0v) is 23.9. The lowest BCUT2D eigenvalue weighted by molar-refractivity contribution is -0.137. The molecule has 222 valence electrons. The van der Waals surface area contributed by atoms with E-state index >= 15 is 0 Å². The standard InChI is InChI=1S/C33H33F3N6O/c1-40(29-13-19-37-20-14-29)28-10-5-26(6-11-28)23-42(30-15-21-41(22-16-30)24-31-38-17-2-18-39-31)32(43)12-7-25-3-8-27(9-4-25)33(34,35)36/h2-14,17-20,30H,15-16,21-24H2,1H3. The highest BCUT2D eigenvalue weighted by Crippen LogP contribution is 2.29. The first-order valence-corrected chi connectivity index (χ1v) is 14.1. The summed E-state index contributed by atoms with van der Waals surface area (Å²) in [5.41, 5.74) is 2.82. The van der Waals surface area contributed by atoms with E-state index in [-0.39, 0.29) is 11.9 Å². The topological polar surface area (TPSA) is 65.5 Å². The first-order valence-electron chi connectivity index (χ1n) is 14.1. The molecule has 3 heterocycles. The highest BCUT2D eigenvalue weighted by Gasteiger charge is 2.30. The second-order valence-corrected chi connectivity index (χ2v) is 10.5. The predicted molar refractivity (Wildman–Crippen MR) is 160 cm³/mol. The van der Waals surface area contributed by atoms with Crippen LogP contribution in [-0.2, 0) is 24.1 Å². The third-order valence-electron chi connectivity index (χ3n) is 7.65. The maximum Gasteiger partial charge on any atom is 0.416 e. The van der Waals surface area contributed by atoms with Gasteiger partial charge < -0.3 is 9.80 Å². The van der Waals surface area contributed by atoms with Gasteiger partial charge in [0, 0.05) is 75.0 Å². The number of pyridine rings is 1. The van der Waals surface area contributed by atoms with Crippen LogP contribution in [0.25, 0.3) is 6.08 Å². The maximum atomic E-state index is 13.6. The van der Waals surface area contributed by atoms with E-state index in [9.17, 15) is 18.0 Å². The number of likely N-dealkylation sites (tertiary alicyclic amines) is 1. The van der Waals surface area contributed by atoms with Crippen LogP contribution in [0.5, 0.6) is 0 Å². The van der Waals surface area contributed by atoms with Gasteiger partial charge in [0.1, 0.15) is 5.82 Å². The molecule has 1 saturated heterocycles. The lowest BCUT2D eigenvalue weighted by Crippen LogP contribution is -2.46. The first-order chi connectivity index (χ1) is 20.8. The molecule has 43 heavy (non-hydrogen) atoms. The second kappa shape index (κ2) is 13.6. The van der Waals surface area contributed by atoms with Crippen molar-refractivity contribution in [1.29, 1.82) is 0 Å². The van der Waals surface area contributed by atoms with E-state index < -0.39 is 11.7 Å². The zero-order chi connectivity index (χ0) is 30.2. The number of hydrogen-bond donors (Lipinski definition) is 0. The number of nitrogens with zero attached hydrogens (tertiary/aromatic N) is 6. The minimum atomic E-state index is -4.40. The van der Waals surface area contributed by atoms with Gasteiger partial charge in [-0.2, -0.15) is 13.2 Å². The SMILES string of the molecule is CN(c1ccncc1)c1ccc(CN(C(=O)C=Cc2ccc(C(F)(F)F)cc2)C2CCN(Cc3ncccn3)CC2)cc1. The van der Waals surface area contributed by atoms with Gasteiger partial charge in [0.25, 0.3) is 0 Å². The third-order valence-corrected chi connectivity index (χ3v) is 7.65. The Morgan fingerprint density at radius 3 is 2.16 bits per heavy atom. The molecule has 4 aromatic rings. The van der Waals surface area contributed by atoms with Gasteiger partial charge in [0.2, 0.25) is 5.91 Å². The average Bonchev–Trinajstić information content (AvgIpc) is 3.03. The molecule has 0 saturated carbocycles. The molecule has 2 aromatic heterocycles. The maximum absolute atomic E-state index is 13.6. The van der Waals surface area contributed by atoms with Crippen LogP contribution in [0.3, 0.4) is 0 Å². The van der Waals surface area contributed by atoms with Gasteiger partial charge in [0.15, 0.2) is 0 Å². The number of anilines is 2. The number of rotatable bonds is 9. The van der Waals surface area contributed by atoms with Crippen molar-refractivity contribution < 1.29 is 18.0 Å². The van der Waals surface area contributed by atoms with E-state index in [2.05, 4.69) is 24.8 Å². The van der Waals surface area contributed by atoms with E-state index in [1.807, 2.05) is 48.3 Å². The van der Waals surface area contributed by atoms with Crippen LogP contribution in [0.1, 0.15) is 35.4 Å². The van der Waals surface area contributed by atoms with Crippen LogP contribution >= 0.6 is 0 Å². The average molecular weight is 587 g/mol. The van der Waals surface area contributed by atoms with E-state index in [0.29, 0.717) is 18.7 Å². The monoisotopic (exact) mass is 586 g/mol. The van der Waals surface area contributed by atoms with Gasteiger partial charge in [-0.3, -0.25) is 14.7 Å². The van der Waals surface area contributed by atoms with Gasteiger partial charge in [0.05, 0.1) is 12.1 Å². The smallest absolute Gasteiger partial charge is 0.345 e. The molecular formula is C33H33F3N6O. The van der Waals surface area contributed by atoms with Crippen molar-refractivity contribution in [2.24, 2.45) is 0 Å². The summed E-state index contributed by atoms with van der Waals surface area (Å²) in [6, 6.07) is 18.6. The molecule has 0 atom stereocenters. The number of benzene rings is 2. The van der Waals surface area contributed by atoms with Crippen molar-refractivity contribution in [3.8, 4) is 0 Å². The van der Waals surface area contributed by atoms with Gasteiger partial charge in [-0.1, -0.05) is 24.3 Å². The Morgan fingerprint density at radius 1 is 0.907 bits per heavy atom. The van der Waals surface area contributed by atoms with Gasteiger partial charge in [-0.15, -0.1) is 0 Å². The Bertz CT molecular complexity index is 1490. The summed E-state index contributed by atoms with van der Waals surface area (Å²) in [4.78, 5) is 32.5. The van der Waals surface area contributed by atoms with Crippen molar-refractivity contribution in [3.05, 3.63) is 120 Å². The quantitative estimate of drug-likeness (QED) is 0.213. The fraction of sp³-hybridized carbons (Fsp3) is 0.273. The van der Waals surface area contributed by atoms with Crippen LogP contribution in [-0.4, -0.2) is 56.8 Å². The number of halogens is 3. The molecule has 5 rings (SSSR count). The Kier molecular flexibility index (Phi) is 9.46. The van der Waals surface area contributed by atoms with Crippen molar-refractivity contribution >= 4 is 23.4 Å². The summed E-state index contributed by atoms with van der Waals surface area (Å²) in [7, 11) is 1.99. The number of amides is 1. The summed E-state index contributed by atoms with van der Waals surface area (Å²) in [5.74, 6) is 0.591. The highest BCUT2D eigenvalue weighted by molar-refractivity contribution is 5.92. The Balaban J connectivity index is 1.30. The summed E-state index contributed by atoms with van der Waals surface area (Å²) < 4.78 is 38.9. The highest BCUT2D eigenvalue weighted by atomic mass is 19.4. The fourth-order valence-electron chi connectivity index (χ4n) is 5.17. The Hall–Kier alpha value is -4.57. The van der Waals surface area contributed by atoms with Crippen LogP contribution < -0.4 is 4.90 Å². The van der Waals surface area contributed by atoms with Crippen molar-refractivity contribution in [2.45, 2.75) is 38.1 Å². The summed E-state index contributed by atoms with van der Waals surface area (Å²) >= 11 is 0. The molecule has 1 fully saturated rings. The molecule has 0 spiro atoms. The molecule has 1 aliphatic heterocycles. The van der Waals surface area contributed by atoms with Crippen LogP contribution in [0.4, 0.5) is 24.5 Å². The molecule has 1 aliphatic rings. The molecule has 1 amide bonds. The van der Waals surface area contributed by atoms with Gasteiger partial charge in [-0.25, -0.2) is 9.97 Å². The van der Waals surface area contributed by atoms with E-state index in [1.165, 1.54) is 18.2 Å². The van der Waals surface area contributed by atoms with Crippen molar-refractivity contribution in [1.82, 2.24) is 24.8 Å². The predicted octanol–water partition coefficient (Wildman–Crippen LogP) is 6.36. The molecule has 0 aliphatic carbocycles. The molecule has 0 bridgehead atoms. The summed E-state index contributed by atoms with van der Waals surface area (Å²) in [6.07, 6.45) is 7.17. The molecule has 0 unspecified atom stereocenters. The zero-order valence-electron chi connectivity index (χ0n) is 23.9. The number of alkyl halides is 3. The largest absolute Gasteiger partial charge is 0.416 e. The van der Waals surface area contributed by atoms with Gasteiger partial charge >= 0.3 is 6.18 Å². The number of piperidine rings is 1. The number of aromatic nitrogens is 3. The first kappa shape index (κ1) is 29.9.